The van der Waals surface area contributed by atoms with E-state index in [1.54, 1.807) is 48.5 Å². The van der Waals surface area contributed by atoms with E-state index in [1.807, 2.05) is 6.92 Å². The minimum Gasteiger partial charge on any atom is -0.479 e. The van der Waals surface area contributed by atoms with Crippen molar-refractivity contribution in [3.8, 4) is 5.75 Å². The molecule has 3 rings (SSSR count). The normalized spacial score (nSPS) is 12.1. The van der Waals surface area contributed by atoms with Gasteiger partial charge in [-0.15, -0.1) is 0 Å². The predicted octanol–water partition coefficient (Wildman–Crippen LogP) is 5.70. The summed E-state index contributed by atoms with van der Waals surface area (Å²) in [5.74, 6) is 0.0673. The minimum absolute atomic E-state index is 0.0766. The topological polar surface area (TPSA) is 84.5 Å². The van der Waals surface area contributed by atoms with Crippen LogP contribution in [0.4, 0.5) is 11.4 Å². The number of rotatable bonds is 8. The number of carbonyl (C=O) groups is 1. The molecule has 0 saturated carbocycles. The standard InChI is InChI=1S/C22H20BrClN2O4S/c1-2-20(30-21-6-4-3-5-19(21)24)22(27)25-16-11-13-18(14-12-16)31(28,29)26-17-9-7-15(23)8-10-17/h3-14,20,26H,2H2,1H3,(H,25,27)/t20-/m1/s1. The third-order valence-electron chi connectivity index (χ3n) is 4.30. The number of ether oxygens (including phenoxy) is 1. The predicted molar refractivity (Wildman–Crippen MR) is 126 cm³/mol. The lowest BCUT2D eigenvalue weighted by Gasteiger charge is -2.18. The van der Waals surface area contributed by atoms with Crippen molar-refractivity contribution < 1.29 is 17.9 Å². The van der Waals surface area contributed by atoms with Gasteiger partial charge >= 0.3 is 0 Å². The highest BCUT2D eigenvalue weighted by Gasteiger charge is 2.20. The summed E-state index contributed by atoms with van der Waals surface area (Å²) < 4.78 is 34.2. The van der Waals surface area contributed by atoms with Gasteiger partial charge in [0.25, 0.3) is 15.9 Å². The molecule has 0 unspecified atom stereocenters. The van der Waals surface area contributed by atoms with E-state index in [4.69, 9.17) is 16.3 Å². The van der Waals surface area contributed by atoms with Gasteiger partial charge in [-0.3, -0.25) is 9.52 Å². The van der Waals surface area contributed by atoms with Crippen molar-refractivity contribution in [3.63, 3.8) is 0 Å². The van der Waals surface area contributed by atoms with Crippen molar-refractivity contribution in [2.45, 2.75) is 24.3 Å². The first kappa shape index (κ1) is 23.1. The van der Waals surface area contributed by atoms with E-state index < -0.39 is 16.1 Å². The summed E-state index contributed by atoms with van der Waals surface area (Å²) in [5.41, 5.74) is 0.900. The quantitative estimate of drug-likeness (QED) is 0.397. The van der Waals surface area contributed by atoms with Crippen LogP contribution in [0, 0.1) is 0 Å². The molecular formula is C22H20BrClN2O4S. The van der Waals surface area contributed by atoms with E-state index in [2.05, 4.69) is 26.0 Å². The van der Waals surface area contributed by atoms with Crippen LogP contribution in [0.2, 0.25) is 5.02 Å². The summed E-state index contributed by atoms with van der Waals surface area (Å²) in [6, 6.07) is 19.6. The van der Waals surface area contributed by atoms with Crippen molar-refractivity contribution in [2.75, 3.05) is 10.0 Å². The summed E-state index contributed by atoms with van der Waals surface area (Å²) in [7, 11) is -3.76. The fourth-order valence-corrected chi connectivity index (χ4v) is 4.19. The van der Waals surface area contributed by atoms with Gasteiger partial charge in [0.05, 0.1) is 9.92 Å². The maximum Gasteiger partial charge on any atom is 0.265 e. The number of benzene rings is 3. The molecule has 0 aromatic heterocycles. The number of nitrogens with one attached hydrogen (secondary N) is 2. The molecule has 0 aliphatic rings. The van der Waals surface area contributed by atoms with Crippen LogP contribution in [0.3, 0.4) is 0 Å². The smallest absolute Gasteiger partial charge is 0.265 e. The molecule has 0 saturated heterocycles. The van der Waals surface area contributed by atoms with Gasteiger partial charge in [-0.25, -0.2) is 8.42 Å². The Hall–Kier alpha value is -2.55. The number of hydrogen-bond donors (Lipinski definition) is 2. The molecule has 3 aromatic rings. The third kappa shape index (κ3) is 6.22. The molecule has 0 spiro atoms. The number of sulfonamides is 1. The molecule has 0 fully saturated rings. The van der Waals surface area contributed by atoms with Crippen LogP contribution in [0.15, 0.2) is 82.2 Å². The maximum atomic E-state index is 12.6. The zero-order valence-corrected chi connectivity index (χ0v) is 19.7. The summed E-state index contributed by atoms with van der Waals surface area (Å²) in [6.07, 6.45) is -0.317. The first-order valence-electron chi connectivity index (χ1n) is 9.39. The van der Waals surface area contributed by atoms with Crippen molar-refractivity contribution >= 4 is 54.8 Å². The van der Waals surface area contributed by atoms with Crippen LogP contribution in [0.25, 0.3) is 0 Å². The van der Waals surface area contributed by atoms with E-state index in [1.165, 1.54) is 24.3 Å². The van der Waals surface area contributed by atoms with E-state index in [0.717, 1.165) is 4.47 Å². The first-order chi connectivity index (χ1) is 14.8. The molecule has 0 aliphatic heterocycles. The maximum absolute atomic E-state index is 12.6. The van der Waals surface area contributed by atoms with E-state index in [0.29, 0.717) is 28.6 Å². The zero-order valence-electron chi connectivity index (χ0n) is 16.5. The van der Waals surface area contributed by atoms with Crippen LogP contribution in [0.1, 0.15) is 13.3 Å². The lowest BCUT2D eigenvalue weighted by molar-refractivity contribution is -0.122. The fraction of sp³-hybridized carbons (Fsp3) is 0.136. The van der Waals surface area contributed by atoms with Crippen LogP contribution in [-0.4, -0.2) is 20.4 Å². The van der Waals surface area contributed by atoms with E-state index in [-0.39, 0.29) is 10.8 Å². The molecule has 0 radical (unpaired) electrons. The molecule has 0 bridgehead atoms. The Labute approximate surface area is 194 Å². The third-order valence-corrected chi connectivity index (χ3v) is 6.54. The van der Waals surface area contributed by atoms with Gasteiger partial charge in [-0.2, -0.15) is 0 Å². The molecule has 0 aliphatic carbocycles. The summed E-state index contributed by atoms with van der Waals surface area (Å²) >= 11 is 9.40. The number of halogens is 2. The second-order valence-corrected chi connectivity index (χ2v) is 9.58. The summed E-state index contributed by atoms with van der Waals surface area (Å²) in [5, 5.41) is 3.16. The molecule has 162 valence electrons. The van der Waals surface area contributed by atoms with Gasteiger partial charge in [-0.1, -0.05) is 46.6 Å². The lowest BCUT2D eigenvalue weighted by Crippen LogP contribution is -2.32. The largest absolute Gasteiger partial charge is 0.479 e. The van der Waals surface area contributed by atoms with E-state index in [9.17, 15) is 13.2 Å². The number of anilines is 2. The van der Waals surface area contributed by atoms with Gasteiger partial charge in [-0.05, 0) is 67.1 Å². The average Bonchev–Trinajstić information content (AvgIpc) is 2.75. The Morgan fingerprint density at radius 1 is 1.00 bits per heavy atom. The monoisotopic (exact) mass is 522 g/mol. The second kappa shape index (κ2) is 10.2. The molecule has 1 amide bonds. The van der Waals surface area contributed by atoms with Crippen LogP contribution < -0.4 is 14.8 Å². The molecular weight excluding hydrogens is 504 g/mol. The summed E-state index contributed by atoms with van der Waals surface area (Å²) in [6.45, 7) is 1.82. The Morgan fingerprint density at radius 3 is 2.23 bits per heavy atom. The van der Waals surface area contributed by atoms with Gasteiger partial charge in [0.1, 0.15) is 5.75 Å². The summed E-state index contributed by atoms with van der Waals surface area (Å²) in [4.78, 5) is 12.7. The number of amides is 1. The number of hydrogen-bond acceptors (Lipinski definition) is 4. The van der Waals surface area contributed by atoms with Gasteiger partial charge in [0, 0.05) is 15.8 Å². The molecule has 2 N–H and O–H groups in total. The highest BCUT2D eigenvalue weighted by atomic mass is 79.9. The SMILES string of the molecule is CC[C@@H](Oc1ccccc1Cl)C(=O)Nc1ccc(S(=O)(=O)Nc2ccc(Br)cc2)cc1. The van der Waals surface area contributed by atoms with E-state index >= 15 is 0 Å². The minimum atomic E-state index is -3.76. The van der Waals surface area contributed by atoms with Crippen molar-refractivity contribution in [3.05, 3.63) is 82.3 Å². The number of carbonyl (C=O) groups excluding carboxylic acids is 1. The van der Waals surface area contributed by atoms with Gasteiger partial charge in [0.2, 0.25) is 0 Å². The van der Waals surface area contributed by atoms with Crippen LogP contribution >= 0.6 is 27.5 Å². The highest BCUT2D eigenvalue weighted by Crippen LogP contribution is 2.25. The van der Waals surface area contributed by atoms with Gasteiger partial charge < -0.3 is 10.1 Å². The Bertz CT molecular complexity index is 1150. The molecule has 3 aromatic carbocycles. The van der Waals surface area contributed by atoms with Crippen LogP contribution in [-0.2, 0) is 14.8 Å². The first-order valence-corrected chi connectivity index (χ1v) is 12.0. The van der Waals surface area contributed by atoms with Gasteiger partial charge in [0.15, 0.2) is 6.10 Å². The number of para-hydroxylation sites is 1. The molecule has 6 nitrogen and oxygen atoms in total. The highest BCUT2D eigenvalue weighted by molar-refractivity contribution is 9.10. The van der Waals surface area contributed by atoms with Crippen molar-refractivity contribution in [2.24, 2.45) is 0 Å². The molecule has 31 heavy (non-hydrogen) atoms. The van der Waals surface area contributed by atoms with Crippen molar-refractivity contribution in [1.29, 1.82) is 0 Å². The Balaban J connectivity index is 1.67. The molecule has 9 heteroatoms. The molecule has 1 atom stereocenters. The Kier molecular flexibility index (Phi) is 7.59. The van der Waals surface area contributed by atoms with Crippen molar-refractivity contribution in [1.82, 2.24) is 0 Å². The average molecular weight is 524 g/mol. The second-order valence-electron chi connectivity index (χ2n) is 6.57. The zero-order chi connectivity index (χ0) is 22.4. The molecule has 0 heterocycles. The Morgan fingerprint density at radius 2 is 1.61 bits per heavy atom. The fourth-order valence-electron chi connectivity index (χ4n) is 2.69. The van der Waals surface area contributed by atoms with Crippen LogP contribution in [0.5, 0.6) is 5.75 Å². The lowest BCUT2D eigenvalue weighted by atomic mass is 10.2.